The Labute approximate surface area is 152 Å². The Morgan fingerprint density at radius 3 is 2.46 bits per heavy atom. The maximum absolute atomic E-state index is 9.47. The van der Waals surface area contributed by atoms with Gasteiger partial charge in [-0.1, -0.05) is 41.4 Å². The Bertz CT molecular complexity index is 807. The lowest BCUT2D eigenvalue weighted by Gasteiger charge is -2.15. The molecule has 0 N–H and O–H groups in total. The van der Waals surface area contributed by atoms with Crippen LogP contribution in [0.25, 0.3) is 11.6 Å². The zero-order valence-corrected chi connectivity index (χ0v) is 15.2. The van der Waals surface area contributed by atoms with E-state index in [-0.39, 0.29) is 6.10 Å². The predicted octanol–water partition coefficient (Wildman–Crippen LogP) is 5.85. The highest BCUT2D eigenvalue weighted by Gasteiger charge is 2.14. The Hall–Kier alpha value is -2.15. The number of methoxy groups -OCH3 is 1. The Morgan fingerprint density at radius 2 is 1.88 bits per heavy atom. The van der Waals surface area contributed by atoms with E-state index >= 15 is 0 Å². The van der Waals surface area contributed by atoms with E-state index in [0.29, 0.717) is 32.7 Å². The van der Waals surface area contributed by atoms with Crippen molar-refractivity contribution in [2.24, 2.45) is 0 Å². The lowest BCUT2D eigenvalue weighted by molar-refractivity contribution is 0.230. The van der Waals surface area contributed by atoms with Crippen molar-refractivity contribution in [2.75, 3.05) is 7.11 Å². The monoisotopic (exact) mass is 361 g/mol. The first-order valence-corrected chi connectivity index (χ1v) is 8.12. The summed E-state index contributed by atoms with van der Waals surface area (Å²) >= 11 is 12.5. The van der Waals surface area contributed by atoms with Crippen LogP contribution in [-0.2, 0) is 0 Å². The summed E-state index contributed by atoms with van der Waals surface area (Å²) in [5.41, 5.74) is 1.83. The summed E-state index contributed by atoms with van der Waals surface area (Å²) in [5, 5.41) is 10.4. The molecule has 5 heteroatoms. The van der Waals surface area contributed by atoms with Gasteiger partial charge in [0.05, 0.1) is 29.9 Å². The molecule has 0 atom stereocenters. The van der Waals surface area contributed by atoms with Crippen LogP contribution in [-0.4, -0.2) is 13.2 Å². The zero-order valence-electron chi connectivity index (χ0n) is 13.6. The van der Waals surface area contributed by atoms with Gasteiger partial charge < -0.3 is 9.47 Å². The fourth-order valence-corrected chi connectivity index (χ4v) is 2.69. The molecule has 0 spiro atoms. The van der Waals surface area contributed by atoms with Crippen LogP contribution in [0.1, 0.15) is 25.0 Å². The summed E-state index contributed by atoms with van der Waals surface area (Å²) in [6, 6.07) is 12.9. The number of halogens is 2. The summed E-state index contributed by atoms with van der Waals surface area (Å²) in [6.07, 6.45) is 1.69. The molecule has 0 radical (unpaired) electrons. The highest BCUT2D eigenvalue weighted by Crippen LogP contribution is 2.38. The first-order valence-electron chi connectivity index (χ1n) is 7.37. The number of nitrogens with zero attached hydrogens (tertiary/aromatic N) is 1. The van der Waals surface area contributed by atoms with Crippen molar-refractivity contribution >= 4 is 34.9 Å². The highest BCUT2D eigenvalue weighted by atomic mass is 35.5. The van der Waals surface area contributed by atoms with Gasteiger partial charge in [-0.25, -0.2) is 0 Å². The van der Waals surface area contributed by atoms with E-state index in [9.17, 15) is 5.26 Å². The molecule has 124 valence electrons. The van der Waals surface area contributed by atoms with Crippen LogP contribution < -0.4 is 9.47 Å². The smallest absolute Gasteiger partial charge is 0.180 e. The molecule has 3 nitrogen and oxygen atoms in total. The van der Waals surface area contributed by atoms with Crippen LogP contribution in [0.2, 0.25) is 10.0 Å². The van der Waals surface area contributed by atoms with Crippen molar-refractivity contribution in [2.45, 2.75) is 20.0 Å². The number of rotatable bonds is 5. The van der Waals surface area contributed by atoms with E-state index in [1.807, 2.05) is 26.0 Å². The van der Waals surface area contributed by atoms with Crippen molar-refractivity contribution in [3.63, 3.8) is 0 Å². The standard InChI is InChI=1S/C19H17Cl2NO2/c1-12(2)24-19-17(21)9-13(10-18(19)23-3)8-14(11-22)15-6-4-5-7-16(15)20/h4-10,12H,1-3H3. The summed E-state index contributed by atoms with van der Waals surface area (Å²) in [6.45, 7) is 3.82. The number of benzene rings is 2. The maximum atomic E-state index is 9.47. The predicted molar refractivity (Wildman–Crippen MR) is 98.7 cm³/mol. The van der Waals surface area contributed by atoms with E-state index in [1.165, 1.54) is 0 Å². The second-order valence-electron chi connectivity index (χ2n) is 5.35. The van der Waals surface area contributed by atoms with Gasteiger partial charge in [0, 0.05) is 10.6 Å². The summed E-state index contributed by atoms with van der Waals surface area (Å²) < 4.78 is 11.1. The number of hydrogen-bond acceptors (Lipinski definition) is 3. The van der Waals surface area contributed by atoms with E-state index in [1.54, 1.807) is 37.5 Å². The summed E-state index contributed by atoms with van der Waals surface area (Å²) in [5.74, 6) is 1.00. The minimum absolute atomic E-state index is 0.0319. The number of allylic oxidation sites excluding steroid dienone is 1. The zero-order chi connectivity index (χ0) is 17.7. The minimum atomic E-state index is -0.0319. The van der Waals surface area contributed by atoms with Crippen LogP contribution in [0.5, 0.6) is 11.5 Å². The second kappa shape index (κ2) is 8.10. The quantitative estimate of drug-likeness (QED) is 0.495. The molecule has 0 saturated carbocycles. The van der Waals surface area contributed by atoms with Crippen LogP contribution in [0.3, 0.4) is 0 Å². The molecule has 0 aliphatic rings. The average molecular weight is 362 g/mol. The molecule has 2 aromatic carbocycles. The Balaban J connectivity index is 2.51. The first kappa shape index (κ1) is 18.2. The summed E-state index contributed by atoms with van der Waals surface area (Å²) in [7, 11) is 1.55. The molecule has 0 unspecified atom stereocenters. The lowest BCUT2D eigenvalue weighted by atomic mass is 10.0. The van der Waals surface area contributed by atoms with E-state index in [4.69, 9.17) is 32.7 Å². The van der Waals surface area contributed by atoms with Gasteiger partial charge in [0.2, 0.25) is 0 Å². The fraction of sp³-hybridized carbons (Fsp3) is 0.211. The lowest BCUT2D eigenvalue weighted by Crippen LogP contribution is -2.07. The highest BCUT2D eigenvalue weighted by molar-refractivity contribution is 6.33. The Kier molecular flexibility index (Phi) is 6.14. The average Bonchev–Trinajstić information content (AvgIpc) is 2.55. The van der Waals surface area contributed by atoms with E-state index in [2.05, 4.69) is 6.07 Å². The normalized spacial score (nSPS) is 11.3. The molecule has 2 rings (SSSR count). The van der Waals surface area contributed by atoms with Crippen LogP contribution in [0.4, 0.5) is 0 Å². The van der Waals surface area contributed by atoms with Crippen molar-refractivity contribution in [1.29, 1.82) is 5.26 Å². The molecule has 2 aromatic rings. The molecule has 0 aliphatic heterocycles. The van der Waals surface area contributed by atoms with Gasteiger partial charge in [0.1, 0.15) is 0 Å². The largest absolute Gasteiger partial charge is 0.493 e. The number of nitriles is 1. The molecule has 24 heavy (non-hydrogen) atoms. The third kappa shape index (κ3) is 4.23. The second-order valence-corrected chi connectivity index (χ2v) is 6.16. The first-order chi connectivity index (χ1) is 11.5. The van der Waals surface area contributed by atoms with Crippen molar-refractivity contribution in [3.05, 3.63) is 57.6 Å². The minimum Gasteiger partial charge on any atom is -0.493 e. The van der Waals surface area contributed by atoms with Crippen molar-refractivity contribution < 1.29 is 9.47 Å². The molecule has 0 fully saturated rings. The van der Waals surface area contributed by atoms with Gasteiger partial charge in [0.25, 0.3) is 0 Å². The van der Waals surface area contributed by atoms with Crippen molar-refractivity contribution in [3.8, 4) is 17.6 Å². The van der Waals surface area contributed by atoms with Gasteiger partial charge >= 0.3 is 0 Å². The molecular weight excluding hydrogens is 345 g/mol. The van der Waals surface area contributed by atoms with Gasteiger partial charge in [0.15, 0.2) is 11.5 Å². The molecule has 0 heterocycles. The van der Waals surface area contributed by atoms with E-state index in [0.717, 1.165) is 5.56 Å². The number of ether oxygens (including phenoxy) is 2. The summed E-state index contributed by atoms with van der Waals surface area (Å²) in [4.78, 5) is 0. The van der Waals surface area contributed by atoms with Crippen LogP contribution >= 0.6 is 23.2 Å². The third-order valence-corrected chi connectivity index (χ3v) is 3.81. The Morgan fingerprint density at radius 1 is 1.17 bits per heavy atom. The molecule has 0 aliphatic carbocycles. The van der Waals surface area contributed by atoms with Gasteiger partial charge in [-0.15, -0.1) is 0 Å². The van der Waals surface area contributed by atoms with E-state index < -0.39 is 0 Å². The topological polar surface area (TPSA) is 42.2 Å². The van der Waals surface area contributed by atoms with Gasteiger partial charge in [-0.3, -0.25) is 0 Å². The molecule has 0 aromatic heterocycles. The molecule has 0 saturated heterocycles. The molecular formula is C19H17Cl2NO2. The molecule has 0 amide bonds. The SMILES string of the molecule is COc1cc(C=C(C#N)c2ccccc2Cl)cc(Cl)c1OC(C)C. The van der Waals surface area contributed by atoms with Gasteiger partial charge in [-0.05, 0) is 43.7 Å². The maximum Gasteiger partial charge on any atom is 0.180 e. The van der Waals surface area contributed by atoms with Crippen LogP contribution in [0, 0.1) is 11.3 Å². The van der Waals surface area contributed by atoms with Crippen LogP contribution in [0.15, 0.2) is 36.4 Å². The fourth-order valence-electron chi connectivity index (χ4n) is 2.19. The number of hydrogen-bond donors (Lipinski definition) is 0. The third-order valence-electron chi connectivity index (χ3n) is 3.20. The molecule has 0 bridgehead atoms. The van der Waals surface area contributed by atoms with Crippen molar-refractivity contribution in [1.82, 2.24) is 0 Å². The van der Waals surface area contributed by atoms with Gasteiger partial charge in [-0.2, -0.15) is 5.26 Å².